The fourth-order valence-electron chi connectivity index (χ4n) is 5.75. The molecule has 1 atom stereocenters. The Labute approximate surface area is 125 Å². The van der Waals surface area contributed by atoms with Crippen molar-refractivity contribution in [2.24, 2.45) is 29.6 Å². The SMILES string of the molecule is C=C(CC)CC(NCCC)C1C2CC3CC(C2)CC1C3. The molecule has 4 rings (SSSR count). The van der Waals surface area contributed by atoms with Gasteiger partial charge in [0.05, 0.1) is 0 Å². The van der Waals surface area contributed by atoms with Crippen molar-refractivity contribution < 1.29 is 0 Å². The molecule has 0 aromatic rings. The molecule has 4 bridgehead atoms. The van der Waals surface area contributed by atoms with E-state index in [0.717, 1.165) is 42.1 Å². The van der Waals surface area contributed by atoms with Crippen LogP contribution in [0.2, 0.25) is 0 Å². The summed E-state index contributed by atoms with van der Waals surface area (Å²) < 4.78 is 0. The third kappa shape index (κ3) is 2.84. The van der Waals surface area contributed by atoms with Crippen molar-refractivity contribution >= 4 is 0 Å². The number of rotatable bonds is 7. The summed E-state index contributed by atoms with van der Waals surface area (Å²) in [5.41, 5.74) is 1.45. The van der Waals surface area contributed by atoms with Gasteiger partial charge in [-0.1, -0.05) is 26.0 Å². The van der Waals surface area contributed by atoms with Crippen LogP contribution in [0.15, 0.2) is 12.2 Å². The summed E-state index contributed by atoms with van der Waals surface area (Å²) in [6.45, 7) is 10.0. The lowest BCUT2D eigenvalue weighted by Crippen LogP contribution is -2.53. The van der Waals surface area contributed by atoms with Gasteiger partial charge in [0.2, 0.25) is 0 Å². The summed E-state index contributed by atoms with van der Waals surface area (Å²) in [6, 6.07) is 0.720. The summed E-state index contributed by atoms with van der Waals surface area (Å²) in [6.07, 6.45) is 11.4. The first kappa shape index (κ1) is 14.6. The van der Waals surface area contributed by atoms with Gasteiger partial charge < -0.3 is 5.32 Å². The Bertz CT molecular complexity index is 318. The first-order valence-electron chi connectivity index (χ1n) is 9.11. The van der Waals surface area contributed by atoms with Gasteiger partial charge in [-0.25, -0.2) is 0 Å². The molecule has 1 N–H and O–H groups in total. The van der Waals surface area contributed by atoms with E-state index in [1.165, 1.54) is 25.0 Å². The fraction of sp³-hybridized carbons (Fsp3) is 0.895. The van der Waals surface area contributed by atoms with E-state index in [-0.39, 0.29) is 0 Å². The minimum Gasteiger partial charge on any atom is -0.313 e. The second-order valence-corrected chi connectivity index (χ2v) is 7.88. The Kier molecular flexibility index (Phi) is 4.55. The van der Waals surface area contributed by atoms with Gasteiger partial charge >= 0.3 is 0 Å². The molecule has 0 heterocycles. The molecule has 0 aromatic carbocycles. The average Bonchev–Trinajstić information content (AvgIpc) is 2.43. The van der Waals surface area contributed by atoms with Gasteiger partial charge in [0.1, 0.15) is 0 Å². The monoisotopic (exact) mass is 275 g/mol. The highest BCUT2D eigenvalue weighted by Crippen LogP contribution is 2.57. The zero-order valence-corrected chi connectivity index (χ0v) is 13.5. The molecular weight excluding hydrogens is 242 g/mol. The molecule has 1 heteroatoms. The quantitative estimate of drug-likeness (QED) is 0.659. The third-order valence-corrected chi connectivity index (χ3v) is 6.43. The largest absolute Gasteiger partial charge is 0.313 e. The van der Waals surface area contributed by atoms with Crippen LogP contribution in [-0.4, -0.2) is 12.6 Å². The Morgan fingerprint density at radius 1 is 1.05 bits per heavy atom. The zero-order valence-electron chi connectivity index (χ0n) is 13.5. The molecule has 4 saturated carbocycles. The van der Waals surface area contributed by atoms with Crippen LogP contribution in [0.4, 0.5) is 0 Å². The second-order valence-electron chi connectivity index (χ2n) is 7.88. The minimum absolute atomic E-state index is 0.720. The van der Waals surface area contributed by atoms with Gasteiger partial charge in [0.25, 0.3) is 0 Å². The molecule has 0 aromatic heterocycles. The summed E-state index contributed by atoms with van der Waals surface area (Å²) >= 11 is 0. The van der Waals surface area contributed by atoms with Crippen molar-refractivity contribution in [3.05, 3.63) is 12.2 Å². The number of hydrogen-bond donors (Lipinski definition) is 1. The van der Waals surface area contributed by atoms with Gasteiger partial charge in [-0.15, -0.1) is 0 Å². The molecule has 4 aliphatic carbocycles. The first-order chi connectivity index (χ1) is 9.71. The predicted molar refractivity (Wildman–Crippen MR) is 86.7 cm³/mol. The summed E-state index contributed by atoms with van der Waals surface area (Å²) in [7, 11) is 0. The molecule has 20 heavy (non-hydrogen) atoms. The molecule has 4 aliphatic rings. The molecule has 0 aliphatic heterocycles. The fourth-order valence-corrected chi connectivity index (χ4v) is 5.75. The molecule has 0 amide bonds. The van der Waals surface area contributed by atoms with E-state index in [4.69, 9.17) is 0 Å². The molecule has 0 saturated heterocycles. The van der Waals surface area contributed by atoms with Crippen LogP contribution >= 0.6 is 0 Å². The van der Waals surface area contributed by atoms with E-state index in [0.29, 0.717) is 0 Å². The van der Waals surface area contributed by atoms with Crippen LogP contribution in [0.25, 0.3) is 0 Å². The van der Waals surface area contributed by atoms with Crippen LogP contribution in [-0.2, 0) is 0 Å². The van der Waals surface area contributed by atoms with E-state index in [2.05, 4.69) is 25.7 Å². The lowest BCUT2D eigenvalue weighted by Gasteiger charge is -2.56. The predicted octanol–water partition coefficient (Wildman–Crippen LogP) is 4.78. The van der Waals surface area contributed by atoms with Crippen LogP contribution in [0.5, 0.6) is 0 Å². The van der Waals surface area contributed by atoms with Crippen LogP contribution < -0.4 is 5.32 Å². The highest BCUT2D eigenvalue weighted by atomic mass is 14.9. The van der Waals surface area contributed by atoms with E-state index in [9.17, 15) is 0 Å². The standard InChI is InChI=1S/C19H33N/c1-4-6-20-18(7-13(3)5-2)19-16-9-14-8-15(11-16)12-17(19)10-14/h14-20H,3-12H2,1-2H3. The lowest BCUT2D eigenvalue weighted by molar-refractivity contribution is -0.0517. The van der Waals surface area contributed by atoms with Crippen LogP contribution in [0, 0.1) is 29.6 Å². The zero-order chi connectivity index (χ0) is 14.1. The normalized spacial score (nSPS) is 40.0. The summed E-state index contributed by atoms with van der Waals surface area (Å²) in [4.78, 5) is 0. The van der Waals surface area contributed by atoms with Gasteiger partial charge in [0, 0.05) is 6.04 Å². The maximum Gasteiger partial charge on any atom is 0.0138 e. The van der Waals surface area contributed by atoms with Gasteiger partial charge in [-0.3, -0.25) is 0 Å². The number of hydrogen-bond acceptors (Lipinski definition) is 1. The van der Waals surface area contributed by atoms with Crippen molar-refractivity contribution in [3.8, 4) is 0 Å². The van der Waals surface area contributed by atoms with E-state index in [1.807, 2.05) is 0 Å². The van der Waals surface area contributed by atoms with Crippen molar-refractivity contribution in [2.45, 2.75) is 71.3 Å². The van der Waals surface area contributed by atoms with E-state index >= 15 is 0 Å². The summed E-state index contributed by atoms with van der Waals surface area (Å²) in [5.74, 6) is 5.21. The van der Waals surface area contributed by atoms with Gasteiger partial charge in [-0.05, 0) is 87.5 Å². The maximum absolute atomic E-state index is 4.29. The highest BCUT2D eigenvalue weighted by molar-refractivity contribution is 5.05. The highest BCUT2D eigenvalue weighted by Gasteiger charge is 2.50. The molecule has 1 unspecified atom stereocenters. The van der Waals surface area contributed by atoms with E-state index in [1.54, 1.807) is 32.1 Å². The summed E-state index contributed by atoms with van der Waals surface area (Å²) in [5, 5.41) is 3.90. The molecule has 1 nitrogen and oxygen atoms in total. The third-order valence-electron chi connectivity index (χ3n) is 6.43. The molecule has 0 spiro atoms. The van der Waals surface area contributed by atoms with Gasteiger partial charge in [-0.2, -0.15) is 0 Å². The van der Waals surface area contributed by atoms with Crippen molar-refractivity contribution in [2.75, 3.05) is 6.54 Å². The average molecular weight is 275 g/mol. The molecule has 0 radical (unpaired) electrons. The first-order valence-corrected chi connectivity index (χ1v) is 9.11. The smallest absolute Gasteiger partial charge is 0.0138 e. The van der Waals surface area contributed by atoms with Crippen molar-refractivity contribution in [1.29, 1.82) is 0 Å². The lowest BCUT2D eigenvalue weighted by atomic mass is 9.50. The minimum atomic E-state index is 0.720. The van der Waals surface area contributed by atoms with Gasteiger partial charge in [0.15, 0.2) is 0 Å². The Balaban J connectivity index is 1.71. The second kappa shape index (κ2) is 6.22. The molecular formula is C19H33N. The van der Waals surface area contributed by atoms with Crippen molar-refractivity contribution in [1.82, 2.24) is 5.32 Å². The molecule has 4 fully saturated rings. The van der Waals surface area contributed by atoms with Crippen molar-refractivity contribution in [3.63, 3.8) is 0 Å². The van der Waals surface area contributed by atoms with E-state index < -0.39 is 0 Å². The Hall–Kier alpha value is -0.300. The van der Waals surface area contributed by atoms with Crippen LogP contribution in [0.1, 0.15) is 65.2 Å². The maximum atomic E-state index is 4.29. The van der Waals surface area contributed by atoms with Crippen LogP contribution in [0.3, 0.4) is 0 Å². The topological polar surface area (TPSA) is 12.0 Å². The Morgan fingerprint density at radius 3 is 2.15 bits per heavy atom. The Morgan fingerprint density at radius 2 is 1.65 bits per heavy atom. The molecule has 114 valence electrons. The number of nitrogens with one attached hydrogen (secondary N) is 1.